The third-order valence-corrected chi connectivity index (χ3v) is 4.61. The molecule has 3 rings (SSSR count). The van der Waals surface area contributed by atoms with E-state index >= 15 is 0 Å². The number of furan rings is 1. The number of urea groups is 1. The fraction of sp³-hybridized carbons (Fsp3) is 0.375. The maximum Gasteiger partial charge on any atom is 0.322 e. The molecule has 122 valence electrons. The van der Waals surface area contributed by atoms with Crippen LogP contribution in [0.3, 0.4) is 0 Å². The summed E-state index contributed by atoms with van der Waals surface area (Å²) in [4.78, 5) is 25.7. The van der Waals surface area contributed by atoms with E-state index in [0.717, 1.165) is 28.3 Å². The van der Waals surface area contributed by atoms with Gasteiger partial charge in [-0.25, -0.2) is 4.79 Å². The highest BCUT2D eigenvalue weighted by molar-refractivity contribution is 9.10. The number of carbonyl (C=O) groups excluding carboxylic acids is 2. The van der Waals surface area contributed by atoms with Crippen molar-refractivity contribution >= 4 is 44.6 Å². The maximum absolute atomic E-state index is 12.5. The summed E-state index contributed by atoms with van der Waals surface area (Å²) in [5, 5.41) is 3.80. The second-order valence-electron chi connectivity index (χ2n) is 5.50. The van der Waals surface area contributed by atoms with Crippen LogP contribution in [-0.4, -0.2) is 36.6 Å². The van der Waals surface area contributed by atoms with E-state index in [1.807, 2.05) is 12.1 Å². The van der Waals surface area contributed by atoms with E-state index in [9.17, 15) is 9.59 Å². The van der Waals surface area contributed by atoms with Gasteiger partial charge >= 0.3 is 12.0 Å². The van der Waals surface area contributed by atoms with Crippen LogP contribution in [0, 0.1) is 0 Å². The number of halogens is 1. The highest BCUT2D eigenvalue weighted by Crippen LogP contribution is 2.30. The van der Waals surface area contributed by atoms with Gasteiger partial charge in [-0.1, -0.05) is 0 Å². The van der Waals surface area contributed by atoms with Gasteiger partial charge in [-0.15, -0.1) is 0 Å². The van der Waals surface area contributed by atoms with Gasteiger partial charge in [0.05, 0.1) is 24.3 Å². The third kappa shape index (κ3) is 3.34. The molecule has 2 amide bonds. The van der Waals surface area contributed by atoms with E-state index in [2.05, 4.69) is 21.2 Å². The first-order chi connectivity index (χ1) is 11.1. The summed E-state index contributed by atoms with van der Waals surface area (Å²) in [7, 11) is 1.36. The first-order valence-corrected chi connectivity index (χ1v) is 8.19. The molecular weight excluding hydrogens is 364 g/mol. The van der Waals surface area contributed by atoms with Crippen molar-refractivity contribution in [3.8, 4) is 0 Å². The van der Waals surface area contributed by atoms with E-state index in [-0.39, 0.29) is 24.5 Å². The van der Waals surface area contributed by atoms with E-state index < -0.39 is 0 Å². The number of nitrogens with zero attached hydrogens (tertiary/aromatic N) is 1. The molecule has 1 fully saturated rings. The average Bonchev–Trinajstić information content (AvgIpc) is 3.16. The first kappa shape index (κ1) is 15.9. The number of ether oxygens (including phenoxy) is 1. The summed E-state index contributed by atoms with van der Waals surface area (Å²) in [6.07, 6.45) is 3.54. The molecule has 0 radical (unpaired) electrons. The number of likely N-dealkylation sites (tertiary alicyclic amines) is 1. The van der Waals surface area contributed by atoms with Crippen molar-refractivity contribution in [1.29, 1.82) is 0 Å². The lowest BCUT2D eigenvalue weighted by molar-refractivity contribution is -0.141. The number of hydrogen-bond acceptors (Lipinski definition) is 4. The maximum atomic E-state index is 12.5. The zero-order chi connectivity index (χ0) is 16.4. The lowest BCUT2D eigenvalue weighted by atomic mass is 10.1. The monoisotopic (exact) mass is 380 g/mol. The topological polar surface area (TPSA) is 71.8 Å². The van der Waals surface area contributed by atoms with Crippen LogP contribution in [0.4, 0.5) is 10.5 Å². The van der Waals surface area contributed by atoms with Crippen molar-refractivity contribution < 1.29 is 18.7 Å². The molecule has 2 aromatic rings. The lowest BCUT2D eigenvalue weighted by Crippen LogP contribution is -2.39. The van der Waals surface area contributed by atoms with E-state index in [1.165, 1.54) is 7.11 Å². The van der Waals surface area contributed by atoms with Gasteiger partial charge in [0.15, 0.2) is 0 Å². The minimum absolute atomic E-state index is 0.108. The van der Waals surface area contributed by atoms with Gasteiger partial charge in [0.1, 0.15) is 5.58 Å². The highest BCUT2D eigenvalue weighted by atomic mass is 79.9. The Kier molecular flexibility index (Phi) is 4.56. The molecule has 1 saturated heterocycles. The number of hydrogen-bond donors (Lipinski definition) is 1. The minimum Gasteiger partial charge on any atom is -0.469 e. The number of nitrogens with one attached hydrogen (secondary N) is 1. The summed E-state index contributed by atoms with van der Waals surface area (Å²) in [5.74, 6) is -0.294. The molecule has 0 bridgehead atoms. The predicted octanol–water partition coefficient (Wildman–Crippen LogP) is 3.75. The molecular formula is C16H17BrN2O4. The van der Waals surface area contributed by atoms with Gasteiger partial charge < -0.3 is 19.4 Å². The number of carbonyl (C=O) groups is 2. The second kappa shape index (κ2) is 6.62. The molecule has 0 spiro atoms. The number of methoxy groups -OCH3 is 1. The Hall–Kier alpha value is -2.02. The molecule has 1 atom stereocenters. The Bertz CT molecular complexity index is 743. The molecule has 1 N–H and O–H groups in total. The van der Waals surface area contributed by atoms with Crippen LogP contribution in [0.5, 0.6) is 0 Å². The SMILES string of the molecule is COC(=O)CC1CCCN1C(=O)Nc1cc(Br)c2occc2c1. The molecule has 1 aromatic heterocycles. The van der Waals surface area contributed by atoms with Crippen LogP contribution in [0.1, 0.15) is 19.3 Å². The summed E-state index contributed by atoms with van der Waals surface area (Å²) >= 11 is 3.43. The summed E-state index contributed by atoms with van der Waals surface area (Å²) < 4.78 is 10.8. The Morgan fingerprint density at radius 1 is 1.48 bits per heavy atom. The van der Waals surface area contributed by atoms with Crippen molar-refractivity contribution in [3.05, 3.63) is 28.9 Å². The predicted molar refractivity (Wildman–Crippen MR) is 89.3 cm³/mol. The molecule has 6 nitrogen and oxygen atoms in total. The summed E-state index contributed by atoms with van der Waals surface area (Å²) in [6, 6.07) is 5.18. The van der Waals surface area contributed by atoms with Gasteiger partial charge in [0.2, 0.25) is 0 Å². The fourth-order valence-electron chi connectivity index (χ4n) is 2.90. The molecule has 0 saturated carbocycles. The molecule has 1 aliphatic heterocycles. The van der Waals surface area contributed by atoms with Gasteiger partial charge in [-0.05, 0) is 47.0 Å². The van der Waals surface area contributed by atoms with Crippen LogP contribution in [0.15, 0.2) is 33.4 Å². The van der Waals surface area contributed by atoms with Crippen LogP contribution in [0.25, 0.3) is 11.0 Å². The number of rotatable bonds is 3. The van der Waals surface area contributed by atoms with Crippen molar-refractivity contribution in [3.63, 3.8) is 0 Å². The van der Waals surface area contributed by atoms with E-state index in [1.54, 1.807) is 17.2 Å². The molecule has 0 aliphatic carbocycles. The fourth-order valence-corrected chi connectivity index (χ4v) is 3.47. The normalized spacial score (nSPS) is 17.5. The van der Waals surface area contributed by atoms with Gasteiger partial charge in [-0.3, -0.25) is 4.79 Å². The lowest BCUT2D eigenvalue weighted by Gasteiger charge is -2.24. The van der Waals surface area contributed by atoms with Gasteiger partial charge in [-0.2, -0.15) is 0 Å². The Morgan fingerprint density at radius 2 is 2.30 bits per heavy atom. The molecule has 1 unspecified atom stereocenters. The summed E-state index contributed by atoms with van der Waals surface area (Å²) in [5.41, 5.74) is 1.42. The minimum atomic E-state index is -0.294. The van der Waals surface area contributed by atoms with Crippen LogP contribution in [-0.2, 0) is 9.53 Å². The first-order valence-electron chi connectivity index (χ1n) is 7.39. The average molecular weight is 381 g/mol. The number of esters is 1. The van der Waals surface area contributed by atoms with Crippen molar-refractivity contribution in [2.75, 3.05) is 19.0 Å². The molecule has 23 heavy (non-hydrogen) atoms. The molecule has 7 heteroatoms. The zero-order valence-corrected chi connectivity index (χ0v) is 14.3. The molecule has 1 aliphatic rings. The van der Waals surface area contributed by atoms with Crippen LogP contribution >= 0.6 is 15.9 Å². The number of benzene rings is 1. The largest absolute Gasteiger partial charge is 0.469 e. The number of fused-ring (bicyclic) bond motifs is 1. The molecule has 2 heterocycles. The van der Waals surface area contributed by atoms with E-state index in [0.29, 0.717) is 12.2 Å². The smallest absolute Gasteiger partial charge is 0.322 e. The highest BCUT2D eigenvalue weighted by Gasteiger charge is 2.30. The van der Waals surface area contributed by atoms with Crippen LogP contribution in [0.2, 0.25) is 0 Å². The Labute approximate surface area is 141 Å². The quantitative estimate of drug-likeness (QED) is 0.822. The second-order valence-corrected chi connectivity index (χ2v) is 6.35. The van der Waals surface area contributed by atoms with Gasteiger partial charge in [0, 0.05) is 23.7 Å². The van der Waals surface area contributed by atoms with Crippen molar-refractivity contribution in [2.45, 2.75) is 25.3 Å². The third-order valence-electron chi connectivity index (χ3n) is 4.03. The van der Waals surface area contributed by atoms with Crippen LogP contribution < -0.4 is 5.32 Å². The van der Waals surface area contributed by atoms with E-state index in [4.69, 9.17) is 9.15 Å². The Morgan fingerprint density at radius 3 is 3.09 bits per heavy atom. The van der Waals surface area contributed by atoms with Gasteiger partial charge in [0.25, 0.3) is 0 Å². The zero-order valence-electron chi connectivity index (χ0n) is 12.7. The Balaban J connectivity index is 1.73. The summed E-state index contributed by atoms with van der Waals surface area (Å²) in [6.45, 7) is 0.641. The standard InChI is InChI=1S/C16H17BrN2O4/c1-22-14(20)9-12-3-2-5-19(12)16(21)18-11-7-10-4-6-23-15(10)13(17)8-11/h4,6-8,12H,2-3,5,9H2,1H3,(H,18,21). The number of anilines is 1. The number of amides is 2. The van der Waals surface area contributed by atoms with Crippen molar-refractivity contribution in [1.82, 2.24) is 4.90 Å². The van der Waals surface area contributed by atoms with Crippen molar-refractivity contribution in [2.24, 2.45) is 0 Å². The molecule has 1 aromatic carbocycles.